The van der Waals surface area contributed by atoms with Crippen molar-refractivity contribution in [3.63, 3.8) is 0 Å². The van der Waals surface area contributed by atoms with Crippen LogP contribution in [-0.2, 0) is 6.54 Å². The number of para-hydroxylation sites is 1. The monoisotopic (exact) mass is 257 g/mol. The Morgan fingerprint density at radius 3 is 2.78 bits per heavy atom. The average Bonchev–Trinajstić information content (AvgIpc) is 2.88. The molecule has 18 heavy (non-hydrogen) atoms. The maximum Gasteiger partial charge on any atom is 0.126 e. The van der Waals surface area contributed by atoms with Crippen LogP contribution in [0.25, 0.3) is 21.5 Å². The fourth-order valence-corrected chi connectivity index (χ4v) is 3.33. The molecule has 3 N–H and O–H groups in total. The number of hydrogen-bond acceptors (Lipinski definition) is 3. The predicted molar refractivity (Wildman–Crippen MR) is 76.8 cm³/mol. The molecule has 0 amide bonds. The van der Waals surface area contributed by atoms with Crippen molar-refractivity contribution < 1.29 is 0 Å². The van der Waals surface area contributed by atoms with E-state index in [1.54, 1.807) is 11.3 Å². The molecule has 1 aromatic carbocycles. The molecule has 0 fully saturated rings. The van der Waals surface area contributed by atoms with Crippen molar-refractivity contribution >= 4 is 22.2 Å². The molecule has 3 nitrogen and oxygen atoms in total. The Morgan fingerprint density at radius 2 is 2.06 bits per heavy atom. The van der Waals surface area contributed by atoms with Crippen molar-refractivity contribution in [1.82, 2.24) is 9.97 Å². The molecule has 0 aliphatic heterocycles. The number of benzene rings is 1. The fraction of sp³-hybridized carbons (Fsp3) is 0.214. The van der Waals surface area contributed by atoms with Crippen LogP contribution in [0.4, 0.5) is 0 Å². The molecule has 3 rings (SSSR count). The van der Waals surface area contributed by atoms with E-state index in [-0.39, 0.29) is 0 Å². The van der Waals surface area contributed by atoms with Crippen LogP contribution < -0.4 is 5.73 Å². The zero-order chi connectivity index (χ0) is 12.7. The zero-order valence-corrected chi connectivity index (χ0v) is 11.3. The summed E-state index contributed by atoms with van der Waals surface area (Å²) in [6.45, 7) is 4.67. The Kier molecular flexibility index (Phi) is 2.69. The summed E-state index contributed by atoms with van der Waals surface area (Å²) in [5.74, 6) is 0. The first-order valence-electron chi connectivity index (χ1n) is 5.94. The van der Waals surface area contributed by atoms with E-state index in [2.05, 4.69) is 35.1 Å². The lowest BCUT2D eigenvalue weighted by Crippen LogP contribution is -1.94. The zero-order valence-electron chi connectivity index (χ0n) is 10.4. The van der Waals surface area contributed by atoms with Crippen LogP contribution in [0.1, 0.15) is 16.3 Å². The summed E-state index contributed by atoms with van der Waals surface area (Å²) in [6, 6.07) is 8.33. The van der Waals surface area contributed by atoms with E-state index >= 15 is 0 Å². The third kappa shape index (κ3) is 1.65. The van der Waals surface area contributed by atoms with Crippen molar-refractivity contribution in [3.05, 3.63) is 40.5 Å². The van der Waals surface area contributed by atoms with Gasteiger partial charge in [0.25, 0.3) is 0 Å². The van der Waals surface area contributed by atoms with E-state index in [1.807, 2.05) is 13.0 Å². The molecular formula is C14H15N3S. The quantitative estimate of drug-likeness (QED) is 0.739. The molecule has 0 saturated heterocycles. The number of nitrogens with two attached hydrogens (primary N) is 1. The van der Waals surface area contributed by atoms with Crippen molar-refractivity contribution in [2.24, 2.45) is 5.73 Å². The van der Waals surface area contributed by atoms with E-state index in [0.29, 0.717) is 6.54 Å². The second kappa shape index (κ2) is 4.23. The van der Waals surface area contributed by atoms with Gasteiger partial charge < -0.3 is 10.7 Å². The number of aromatic amines is 1. The van der Waals surface area contributed by atoms with Crippen molar-refractivity contribution in [1.29, 1.82) is 0 Å². The summed E-state index contributed by atoms with van der Waals surface area (Å²) in [6.07, 6.45) is 0. The lowest BCUT2D eigenvalue weighted by molar-refractivity contribution is 1.06. The van der Waals surface area contributed by atoms with Gasteiger partial charge >= 0.3 is 0 Å². The number of fused-ring (bicyclic) bond motifs is 1. The first kappa shape index (κ1) is 11.4. The number of aromatic nitrogens is 2. The highest BCUT2D eigenvalue weighted by molar-refractivity contribution is 7.15. The maximum atomic E-state index is 5.73. The van der Waals surface area contributed by atoms with Gasteiger partial charge in [0, 0.05) is 33.6 Å². The van der Waals surface area contributed by atoms with Crippen molar-refractivity contribution in [3.8, 4) is 10.6 Å². The van der Waals surface area contributed by atoms with Gasteiger partial charge in [-0.15, -0.1) is 11.3 Å². The van der Waals surface area contributed by atoms with E-state index in [1.165, 1.54) is 10.9 Å². The topological polar surface area (TPSA) is 54.7 Å². The van der Waals surface area contributed by atoms with E-state index in [9.17, 15) is 0 Å². The second-order valence-electron chi connectivity index (χ2n) is 4.40. The van der Waals surface area contributed by atoms with Gasteiger partial charge in [0.15, 0.2) is 0 Å². The lowest BCUT2D eigenvalue weighted by Gasteiger charge is -1.95. The lowest BCUT2D eigenvalue weighted by atomic mass is 10.1. The molecule has 0 unspecified atom stereocenters. The molecule has 0 radical (unpaired) electrons. The fourth-order valence-electron chi connectivity index (χ4n) is 2.28. The Labute approximate surface area is 110 Å². The molecule has 0 bridgehead atoms. The van der Waals surface area contributed by atoms with Crippen LogP contribution in [0.3, 0.4) is 0 Å². The average molecular weight is 257 g/mol. The maximum absolute atomic E-state index is 5.73. The van der Waals surface area contributed by atoms with Gasteiger partial charge in [-0.25, -0.2) is 4.98 Å². The molecule has 0 atom stereocenters. The largest absolute Gasteiger partial charge is 0.358 e. The van der Waals surface area contributed by atoms with Gasteiger partial charge in [0.2, 0.25) is 0 Å². The number of aryl methyl sites for hydroxylation is 2. The van der Waals surface area contributed by atoms with Crippen LogP contribution in [-0.4, -0.2) is 9.97 Å². The number of nitrogens with zero attached hydrogens (tertiary/aromatic N) is 1. The SMILES string of the molecule is Cc1nc(-c2c(C)[nH]c3ccccc23)sc1CN. The summed E-state index contributed by atoms with van der Waals surface area (Å²) in [4.78, 5) is 9.22. The third-order valence-corrected chi connectivity index (χ3v) is 4.38. The first-order valence-corrected chi connectivity index (χ1v) is 6.76. The number of nitrogens with one attached hydrogen (secondary N) is 1. The number of H-pyrrole nitrogens is 1. The van der Waals surface area contributed by atoms with Gasteiger partial charge in [0.05, 0.1) is 5.69 Å². The summed E-state index contributed by atoms with van der Waals surface area (Å²) < 4.78 is 0. The molecule has 4 heteroatoms. The van der Waals surface area contributed by atoms with Crippen molar-refractivity contribution in [2.45, 2.75) is 20.4 Å². The molecule has 0 aliphatic rings. The van der Waals surface area contributed by atoms with Crippen LogP contribution >= 0.6 is 11.3 Å². The predicted octanol–water partition coefficient (Wildman–Crippen LogP) is 3.37. The highest BCUT2D eigenvalue weighted by atomic mass is 32.1. The summed E-state index contributed by atoms with van der Waals surface area (Å²) in [7, 11) is 0. The van der Waals surface area contributed by atoms with Gasteiger partial charge in [0.1, 0.15) is 5.01 Å². The molecule has 3 aromatic rings. The Balaban J connectivity index is 2.27. The molecule has 0 aliphatic carbocycles. The Morgan fingerprint density at radius 1 is 1.28 bits per heavy atom. The highest BCUT2D eigenvalue weighted by Crippen LogP contribution is 2.35. The third-order valence-electron chi connectivity index (χ3n) is 3.19. The Bertz CT molecular complexity index is 709. The minimum atomic E-state index is 0.560. The second-order valence-corrected chi connectivity index (χ2v) is 5.49. The summed E-state index contributed by atoms with van der Waals surface area (Å²) in [5.41, 5.74) is 10.3. The van der Waals surface area contributed by atoms with Crippen LogP contribution in [0.2, 0.25) is 0 Å². The molecular weight excluding hydrogens is 242 g/mol. The van der Waals surface area contributed by atoms with Gasteiger partial charge in [-0.05, 0) is 19.9 Å². The molecule has 2 heterocycles. The molecule has 2 aromatic heterocycles. The van der Waals surface area contributed by atoms with E-state index < -0.39 is 0 Å². The van der Waals surface area contributed by atoms with Gasteiger partial charge in [-0.2, -0.15) is 0 Å². The summed E-state index contributed by atoms with van der Waals surface area (Å²) in [5, 5.41) is 2.29. The minimum Gasteiger partial charge on any atom is -0.358 e. The highest BCUT2D eigenvalue weighted by Gasteiger charge is 2.15. The standard InChI is InChI=1S/C14H15N3S/c1-8-12(7-15)18-14(17-8)13-9(2)16-11-6-4-3-5-10(11)13/h3-6,16H,7,15H2,1-2H3. The number of hydrogen-bond donors (Lipinski definition) is 2. The number of thiazole rings is 1. The first-order chi connectivity index (χ1) is 8.70. The van der Waals surface area contributed by atoms with Crippen LogP contribution in [0.5, 0.6) is 0 Å². The normalized spacial score (nSPS) is 11.3. The minimum absolute atomic E-state index is 0.560. The van der Waals surface area contributed by atoms with Crippen molar-refractivity contribution in [2.75, 3.05) is 0 Å². The Hall–Kier alpha value is -1.65. The van der Waals surface area contributed by atoms with E-state index in [0.717, 1.165) is 26.8 Å². The van der Waals surface area contributed by atoms with E-state index in [4.69, 9.17) is 5.73 Å². The number of rotatable bonds is 2. The van der Waals surface area contributed by atoms with Crippen LogP contribution in [0, 0.1) is 13.8 Å². The molecule has 0 spiro atoms. The molecule has 92 valence electrons. The van der Waals surface area contributed by atoms with Gasteiger partial charge in [-0.1, -0.05) is 18.2 Å². The summed E-state index contributed by atoms with van der Waals surface area (Å²) >= 11 is 1.69. The molecule has 0 saturated carbocycles. The van der Waals surface area contributed by atoms with Gasteiger partial charge in [-0.3, -0.25) is 0 Å². The van der Waals surface area contributed by atoms with Crippen LogP contribution in [0.15, 0.2) is 24.3 Å². The smallest absolute Gasteiger partial charge is 0.126 e.